The van der Waals surface area contributed by atoms with E-state index in [1.807, 2.05) is 29.2 Å². The lowest BCUT2D eigenvalue weighted by molar-refractivity contribution is 0.0621. The quantitative estimate of drug-likeness (QED) is 0.538. The molecule has 3 heterocycles. The standard InChI is InChI=1S/C27H32N4O4/c1-27(2,3)21-5-7-22(8-6-21)33-18-31-11-10-23(28-31)26(32)30-14-12-29(13-15-30)17-20-4-9-24-25(16-20)35-19-34-24/h4-11,16H,12-15,17-19H2,1-3H3. The molecule has 5 rings (SSSR count). The number of piperazine rings is 1. The van der Waals surface area contributed by atoms with Crippen molar-refractivity contribution in [2.24, 2.45) is 0 Å². The molecule has 0 aliphatic carbocycles. The maximum absolute atomic E-state index is 13.0. The Morgan fingerprint density at radius 3 is 2.46 bits per heavy atom. The van der Waals surface area contributed by atoms with Gasteiger partial charge in [0, 0.05) is 38.9 Å². The van der Waals surface area contributed by atoms with Gasteiger partial charge in [0.2, 0.25) is 6.79 Å². The minimum atomic E-state index is -0.0407. The van der Waals surface area contributed by atoms with Crippen LogP contribution in [-0.2, 0) is 18.7 Å². The summed E-state index contributed by atoms with van der Waals surface area (Å²) in [5, 5.41) is 4.44. The van der Waals surface area contributed by atoms with E-state index in [0.29, 0.717) is 18.8 Å². The van der Waals surface area contributed by atoms with Gasteiger partial charge in [0.15, 0.2) is 23.9 Å². The highest BCUT2D eigenvalue weighted by Gasteiger charge is 2.24. The van der Waals surface area contributed by atoms with Crippen LogP contribution < -0.4 is 14.2 Å². The highest BCUT2D eigenvalue weighted by molar-refractivity contribution is 5.92. The summed E-state index contributed by atoms with van der Waals surface area (Å²) in [5.74, 6) is 2.34. The maximum atomic E-state index is 13.0. The molecule has 0 atom stereocenters. The Balaban J connectivity index is 1.10. The summed E-state index contributed by atoms with van der Waals surface area (Å²) in [4.78, 5) is 17.2. The SMILES string of the molecule is CC(C)(C)c1ccc(OCn2ccc(C(=O)N3CCN(Cc4ccc5c(c4)OCO5)CC3)n2)cc1. The number of nitrogens with zero attached hydrogens (tertiary/aromatic N) is 4. The summed E-state index contributed by atoms with van der Waals surface area (Å²) in [5.41, 5.74) is 2.99. The predicted molar refractivity (Wildman–Crippen MR) is 132 cm³/mol. The molecule has 3 aromatic rings. The third-order valence-corrected chi connectivity index (χ3v) is 6.45. The number of hydrogen-bond acceptors (Lipinski definition) is 6. The third-order valence-electron chi connectivity index (χ3n) is 6.45. The van der Waals surface area contributed by atoms with Crippen LogP contribution in [0.2, 0.25) is 0 Å². The minimum Gasteiger partial charge on any atom is -0.471 e. The highest BCUT2D eigenvalue weighted by Crippen LogP contribution is 2.33. The van der Waals surface area contributed by atoms with Crippen molar-refractivity contribution in [3.63, 3.8) is 0 Å². The molecule has 0 saturated carbocycles. The Morgan fingerprint density at radius 1 is 0.971 bits per heavy atom. The van der Waals surface area contributed by atoms with Gasteiger partial charge in [0.05, 0.1) is 0 Å². The Morgan fingerprint density at radius 2 is 1.71 bits per heavy atom. The molecule has 0 unspecified atom stereocenters. The molecule has 1 saturated heterocycles. The normalized spacial score (nSPS) is 15.9. The number of fused-ring (bicyclic) bond motifs is 1. The molecule has 0 N–H and O–H groups in total. The van der Waals surface area contributed by atoms with Crippen LogP contribution in [0.15, 0.2) is 54.7 Å². The van der Waals surface area contributed by atoms with Crippen molar-refractivity contribution >= 4 is 5.91 Å². The lowest BCUT2D eigenvalue weighted by atomic mass is 9.87. The van der Waals surface area contributed by atoms with Gasteiger partial charge in [-0.25, -0.2) is 4.68 Å². The smallest absolute Gasteiger partial charge is 0.274 e. The molecule has 184 valence electrons. The van der Waals surface area contributed by atoms with Crippen LogP contribution in [0.25, 0.3) is 0 Å². The molecule has 2 aromatic carbocycles. The van der Waals surface area contributed by atoms with Gasteiger partial charge in [-0.2, -0.15) is 5.10 Å². The van der Waals surface area contributed by atoms with E-state index in [-0.39, 0.29) is 24.8 Å². The summed E-state index contributed by atoms with van der Waals surface area (Å²) in [7, 11) is 0. The number of hydrogen-bond donors (Lipinski definition) is 0. The molecule has 8 nitrogen and oxygen atoms in total. The molecule has 0 radical (unpaired) electrons. The molecule has 2 aliphatic rings. The number of amides is 1. The minimum absolute atomic E-state index is 0.0407. The second-order valence-electron chi connectivity index (χ2n) is 10.0. The average Bonchev–Trinajstić information content (AvgIpc) is 3.52. The molecule has 2 aliphatic heterocycles. The summed E-state index contributed by atoms with van der Waals surface area (Å²) in [6.45, 7) is 10.9. The summed E-state index contributed by atoms with van der Waals surface area (Å²) in [6, 6.07) is 15.9. The zero-order chi connectivity index (χ0) is 24.4. The molecule has 1 aromatic heterocycles. The van der Waals surface area contributed by atoms with Gasteiger partial charge in [-0.05, 0) is 46.9 Å². The average molecular weight is 477 g/mol. The molecule has 35 heavy (non-hydrogen) atoms. The first-order valence-corrected chi connectivity index (χ1v) is 12.0. The van der Waals surface area contributed by atoms with E-state index in [9.17, 15) is 4.79 Å². The summed E-state index contributed by atoms with van der Waals surface area (Å²) < 4.78 is 18.4. The second-order valence-corrected chi connectivity index (χ2v) is 10.0. The zero-order valence-electron chi connectivity index (χ0n) is 20.6. The van der Waals surface area contributed by atoms with Crippen LogP contribution in [-0.4, -0.2) is 58.5 Å². The van der Waals surface area contributed by atoms with Crippen molar-refractivity contribution in [1.29, 1.82) is 0 Å². The largest absolute Gasteiger partial charge is 0.471 e. The first-order valence-electron chi connectivity index (χ1n) is 12.0. The van der Waals surface area contributed by atoms with E-state index < -0.39 is 0 Å². The van der Waals surface area contributed by atoms with Crippen LogP contribution in [0.4, 0.5) is 0 Å². The Bertz CT molecular complexity index is 1170. The van der Waals surface area contributed by atoms with E-state index in [0.717, 1.165) is 36.9 Å². The summed E-state index contributed by atoms with van der Waals surface area (Å²) >= 11 is 0. The van der Waals surface area contributed by atoms with Crippen LogP contribution in [0, 0.1) is 0 Å². The Labute approximate surface area is 206 Å². The first-order chi connectivity index (χ1) is 16.8. The zero-order valence-corrected chi connectivity index (χ0v) is 20.6. The van der Waals surface area contributed by atoms with Crippen LogP contribution >= 0.6 is 0 Å². The first kappa shape index (κ1) is 23.2. The maximum Gasteiger partial charge on any atom is 0.274 e. The topological polar surface area (TPSA) is 69.1 Å². The fourth-order valence-corrected chi connectivity index (χ4v) is 4.31. The Hall–Kier alpha value is -3.52. The molecule has 0 spiro atoms. The lowest BCUT2D eigenvalue weighted by Crippen LogP contribution is -2.48. The van der Waals surface area contributed by atoms with E-state index in [2.05, 4.69) is 49.0 Å². The number of ether oxygens (including phenoxy) is 3. The lowest BCUT2D eigenvalue weighted by Gasteiger charge is -2.34. The van der Waals surface area contributed by atoms with Gasteiger partial charge in [-0.3, -0.25) is 9.69 Å². The van der Waals surface area contributed by atoms with Gasteiger partial charge in [0.1, 0.15) is 5.75 Å². The van der Waals surface area contributed by atoms with Crippen LogP contribution in [0.5, 0.6) is 17.2 Å². The van der Waals surface area contributed by atoms with Gasteiger partial charge >= 0.3 is 0 Å². The number of benzene rings is 2. The molecular formula is C27H32N4O4. The second kappa shape index (κ2) is 9.62. The van der Waals surface area contributed by atoms with E-state index >= 15 is 0 Å². The Kier molecular flexibility index (Phi) is 6.38. The predicted octanol–water partition coefficient (Wildman–Crippen LogP) is 3.90. The number of carbonyl (C=O) groups is 1. The van der Waals surface area contributed by atoms with Crippen molar-refractivity contribution in [3.8, 4) is 17.2 Å². The van der Waals surface area contributed by atoms with Crippen molar-refractivity contribution < 1.29 is 19.0 Å². The van der Waals surface area contributed by atoms with Crippen molar-refractivity contribution in [2.75, 3.05) is 33.0 Å². The summed E-state index contributed by atoms with van der Waals surface area (Å²) in [6.07, 6.45) is 1.78. The number of carbonyl (C=O) groups excluding carboxylic acids is 1. The van der Waals surface area contributed by atoms with E-state index in [4.69, 9.17) is 14.2 Å². The van der Waals surface area contributed by atoms with Crippen LogP contribution in [0.1, 0.15) is 42.4 Å². The van der Waals surface area contributed by atoms with Crippen molar-refractivity contribution in [3.05, 3.63) is 71.5 Å². The molecule has 1 amide bonds. The van der Waals surface area contributed by atoms with Crippen molar-refractivity contribution in [2.45, 2.75) is 39.5 Å². The third kappa shape index (κ3) is 5.43. The van der Waals surface area contributed by atoms with E-state index in [1.54, 1.807) is 16.9 Å². The molecular weight excluding hydrogens is 444 g/mol. The fraction of sp³-hybridized carbons (Fsp3) is 0.407. The van der Waals surface area contributed by atoms with Crippen LogP contribution in [0.3, 0.4) is 0 Å². The highest BCUT2D eigenvalue weighted by atomic mass is 16.7. The number of rotatable bonds is 6. The van der Waals surface area contributed by atoms with Crippen molar-refractivity contribution in [1.82, 2.24) is 19.6 Å². The van der Waals surface area contributed by atoms with Gasteiger partial charge < -0.3 is 19.1 Å². The van der Waals surface area contributed by atoms with Gasteiger partial charge in [-0.1, -0.05) is 39.0 Å². The number of aromatic nitrogens is 2. The molecule has 8 heteroatoms. The monoisotopic (exact) mass is 476 g/mol. The fourth-order valence-electron chi connectivity index (χ4n) is 4.31. The van der Waals surface area contributed by atoms with Gasteiger partial charge in [-0.15, -0.1) is 0 Å². The van der Waals surface area contributed by atoms with Gasteiger partial charge in [0.25, 0.3) is 5.91 Å². The molecule has 1 fully saturated rings. The van der Waals surface area contributed by atoms with E-state index in [1.165, 1.54) is 11.1 Å². The molecule has 0 bridgehead atoms.